The largest absolute Gasteiger partial charge is 0.507 e. The number of phenolic OH excluding ortho intramolecular Hbond substituents is 1. The average molecular weight is 688 g/mol. The third-order valence-electron chi connectivity index (χ3n) is 9.74. The molecule has 5 aromatic rings. The van der Waals surface area contributed by atoms with Crippen molar-refractivity contribution in [2.45, 2.75) is 45.4 Å². The lowest BCUT2D eigenvalue weighted by Gasteiger charge is -2.26. The maximum Gasteiger partial charge on any atom is 0.328 e. The fourth-order valence-electron chi connectivity index (χ4n) is 7.68. The summed E-state index contributed by atoms with van der Waals surface area (Å²) in [7, 11) is 1.21. The molecule has 260 valence electrons. The lowest BCUT2D eigenvalue weighted by molar-refractivity contribution is -0.143. The van der Waals surface area contributed by atoms with Crippen molar-refractivity contribution < 1.29 is 54.9 Å². The Bertz CT molecular complexity index is 2430. The van der Waals surface area contributed by atoms with Gasteiger partial charge in [-0.25, -0.2) is 4.79 Å². The van der Waals surface area contributed by atoms with Gasteiger partial charge in [0.1, 0.15) is 17.6 Å². The first kappa shape index (κ1) is 34.5. The first-order valence-electron chi connectivity index (χ1n) is 15.6. The van der Waals surface area contributed by atoms with Gasteiger partial charge in [0, 0.05) is 27.6 Å². The van der Waals surface area contributed by atoms with Gasteiger partial charge in [0.2, 0.25) is 5.43 Å². The minimum atomic E-state index is -1.60. The number of ether oxygens (including phenoxy) is 1. The SMILES string of the molecule is COc1c2c3c4c(c(CC(CO)C(=O)O)c(O)c5c(=O)cc(CO)c(c6c(CO)cc(NC(CO)C(=O)O)c(c1=O)c63)c54)C=C(C)C2C(C)=O. The van der Waals surface area contributed by atoms with E-state index in [1.165, 1.54) is 20.1 Å². The van der Waals surface area contributed by atoms with Gasteiger partial charge in [-0.05, 0) is 70.6 Å². The molecule has 6 rings (SSSR count). The molecule has 50 heavy (non-hydrogen) atoms. The van der Waals surface area contributed by atoms with Crippen molar-refractivity contribution in [3.05, 3.63) is 66.0 Å². The monoisotopic (exact) mass is 687 g/mol. The number of aliphatic carboxylic acids is 2. The number of Topliss-reactive ketones (excluding diaryl/α,β-unsaturated/α-hetero) is 1. The number of anilines is 1. The normalized spacial score (nSPS) is 15.5. The molecule has 5 aromatic carbocycles. The molecule has 3 atom stereocenters. The quantitative estimate of drug-likeness (QED) is 0.0688. The van der Waals surface area contributed by atoms with Crippen LogP contribution in [0.25, 0.3) is 49.2 Å². The molecular weight excluding hydrogens is 654 g/mol. The second kappa shape index (κ2) is 12.5. The number of aliphatic hydroxyl groups excluding tert-OH is 4. The van der Waals surface area contributed by atoms with Gasteiger partial charge in [-0.15, -0.1) is 0 Å². The van der Waals surface area contributed by atoms with Crippen LogP contribution in [0.5, 0.6) is 11.5 Å². The van der Waals surface area contributed by atoms with E-state index in [2.05, 4.69) is 5.32 Å². The molecule has 1 aliphatic rings. The maximum atomic E-state index is 14.6. The number of fused-ring (bicyclic) bond motifs is 1. The van der Waals surface area contributed by atoms with Crippen molar-refractivity contribution in [1.82, 2.24) is 0 Å². The van der Waals surface area contributed by atoms with Crippen molar-refractivity contribution in [3.63, 3.8) is 0 Å². The Balaban J connectivity index is 2.07. The van der Waals surface area contributed by atoms with Crippen LogP contribution >= 0.6 is 0 Å². The zero-order valence-electron chi connectivity index (χ0n) is 27.1. The number of carboxylic acids is 2. The highest BCUT2D eigenvalue weighted by Crippen LogP contribution is 2.54. The molecule has 0 saturated carbocycles. The number of allylic oxidation sites excluding steroid dienone is 1. The molecule has 14 heteroatoms. The minimum absolute atomic E-state index is 0.0344. The van der Waals surface area contributed by atoms with E-state index in [0.717, 1.165) is 6.07 Å². The Morgan fingerprint density at radius 2 is 1.46 bits per heavy atom. The second-order valence-electron chi connectivity index (χ2n) is 12.5. The lowest BCUT2D eigenvalue weighted by Crippen LogP contribution is -2.33. The van der Waals surface area contributed by atoms with Crippen molar-refractivity contribution in [1.29, 1.82) is 0 Å². The van der Waals surface area contributed by atoms with Gasteiger partial charge < -0.3 is 45.8 Å². The summed E-state index contributed by atoms with van der Waals surface area (Å²) < 4.78 is 5.71. The average Bonchev–Trinajstić information content (AvgIpc) is 3.20. The zero-order valence-corrected chi connectivity index (χ0v) is 27.1. The molecule has 3 unspecified atom stereocenters. The number of aliphatic hydroxyl groups is 4. The first-order valence-corrected chi connectivity index (χ1v) is 15.6. The van der Waals surface area contributed by atoms with Crippen LogP contribution in [0.4, 0.5) is 5.69 Å². The van der Waals surface area contributed by atoms with Crippen LogP contribution in [-0.2, 0) is 34.0 Å². The number of carbonyl (C=O) groups is 3. The smallest absolute Gasteiger partial charge is 0.328 e. The van der Waals surface area contributed by atoms with Crippen LogP contribution in [0.2, 0.25) is 0 Å². The Morgan fingerprint density at radius 3 is 1.98 bits per heavy atom. The highest BCUT2D eigenvalue weighted by Gasteiger charge is 2.37. The highest BCUT2D eigenvalue weighted by molar-refractivity contribution is 6.39. The molecule has 0 heterocycles. The van der Waals surface area contributed by atoms with Crippen LogP contribution in [0.3, 0.4) is 0 Å². The summed E-state index contributed by atoms with van der Waals surface area (Å²) >= 11 is 0. The number of aromatic hydroxyl groups is 1. The van der Waals surface area contributed by atoms with Crippen LogP contribution in [0.15, 0.2) is 27.3 Å². The predicted octanol–water partition coefficient (Wildman–Crippen LogP) is 1.78. The zero-order chi connectivity index (χ0) is 36.5. The molecule has 14 nitrogen and oxygen atoms in total. The van der Waals surface area contributed by atoms with E-state index in [0.29, 0.717) is 5.57 Å². The van der Waals surface area contributed by atoms with Crippen LogP contribution < -0.4 is 20.9 Å². The number of benzene rings is 5. The molecule has 0 bridgehead atoms. The van der Waals surface area contributed by atoms with E-state index in [-0.39, 0.29) is 82.3 Å². The fraction of sp³-hybridized carbons (Fsp3) is 0.306. The molecule has 0 spiro atoms. The standard InChI is InChI=1S/C36H33NO13/c1-12-4-17-18(5-16(10-40)35(46)47)32(44)27-21(43)7-15(9-39)24-23-14(8-38)6-19(37-20(11-41)36(48)49)26-29(23)30(25(17)28(24)27)31(22(12)13(2)42)34(50-3)33(26)45/h4,6-7,16,20,22,37-41,44H,5,8-11H2,1-3H3,(H,46,47)(H,48,49). The summed E-state index contributed by atoms with van der Waals surface area (Å²) in [5, 5.41) is 76.0. The molecule has 0 saturated heterocycles. The van der Waals surface area contributed by atoms with E-state index in [9.17, 15) is 59.7 Å². The van der Waals surface area contributed by atoms with Crippen molar-refractivity contribution >= 4 is 72.6 Å². The van der Waals surface area contributed by atoms with Crippen LogP contribution in [0.1, 0.15) is 47.6 Å². The number of hydrogen-bond acceptors (Lipinski definition) is 12. The molecule has 0 radical (unpaired) electrons. The van der Waals surface area contributed by atoms with E-state index < -0.39 is 85.1 Å². The first-order chi connectivity index (χ1) is 23.8. The van der Waals surface area contributed by atoms with Gasteiger partial charge in [0.05, 0.1) is 56.1 Å². The number of carbonyl (C=O) groups excluding carboxylic acids is 1. The third kappa shape index (κ3) is 4.75. The Labute approximate surface area is 281 Å². The van der Waals surface area contributed by atoms with E-state index in [1.54, 1.807) is 13.0 Å². The molecule has 0 amide bonds. The summed E-state index contributed by atoms with van der Waals surface area (Å²) in [6.07, 6.45) is 1.09. The number of ketones is 1. The van der Waals surface area contributed by atoms with Gasteiger partial charge >= 0.3 is 11.9 Å². The summed E-state index contributed by atoms with van der Waals surface area (Å²) in [6, 6.07) is 0.799. The number of carboxylic acid groups (broad SMARTS) is 2. The number of phenols is 1. The summed E-state index contributed by atoms with van der Waals surface area (Å²) in [6.45, 7) is -0.205. The summed E-state index contributed by atoms with van der Waals surface area (Å²) in [4.78, 5) is 66.1. The minimum Gasteiger partial charge on any atom is -0.507 e. The van der Waals surface area contributed by atoms with E-state index in [1.807, 2.05) is 0 Å². The molecule has 0 aliphatic heterocycles. The van der Waals surface area contributed by atoms with Crippen LogP contribution in [-0.4, -0.2) is 79.8 Å². The van der Waals surface area contributed by atoms with E-state index >= 15 is 0 Å². The third-order valence-corrected chi connectivity index (χ3v) is 9.74. The van der Waals surface area contributed by atoms with E-state index in [4.69, 9.17) is 4.74 Å². The molecule has 0 aromatic heterocycles. The molecule has 8 N–H and O–H groups in total. The number of methoxy groups -OCH3 is 1. The van der Waals surface area contributed by atoms with Gasteiger partial charge in [-0.1, -0.05) is 11.6 Å². The summed E-state index contributed by atoms with van der Waals surface area (Å²) in [5.41, 5.74) is -0.834. The van der Waals surface area contributed by atoms with Gasteiger partial charge in [0.15, 0.2) is 11.2 Å². The van der Waals surface area contributed by atoms with Gasteiger partial charge in [0.25, 0.3) is 0 Å². The topological polar surface area (TPSA) is 248 Å². The Morgan fingerprint density at radius 1 is 0.840 bits per heavy atom. The number of nitrogens with one attached hydrogen (secondary N) is 1. The van der Waals surface area contributed by atoms with Crippen molar-refractivity contribution in [2.75, 3.05) is 25.6 Å². The lowest BCUT2D eigenvalue weighted by atomic mass is 9.78. The molecular formula is C36H33NO13. The maximum absolute atomic E-state index is 14.6. The molecule has 0 fully saturated rings. The Kier molecular flexibility index (Phi) is 8.60. The van der Waals surface area contributed by atoms with Crippen LogP contribution in [0, 0.1) is 5.92 Å². The predicted molar refractivity (Wildman–Crippen MR) is 183 cm³/mol. The summed E-state index contributed by atoms with van der Waals surface area (Å²) in [5.74, 6) is -6.70. The molecule has 1 aliphatic carbocycles. The fourth-order valence-corrected chi connectivity index (χ4v) is 7.68. The number of hydrogen-bond donors (Lipinski definition) is 8. The Hall–Kier alpha value is -5.41. The number of rotatable bonds is 12. The van der Waals surface area contributed by atoms with Gasteiger partial charge in [-0.3, -0.25) is 19.2 Å². The van der Waals surface area contributed by atoms with Gasteiger partial charge in [-0.2, -0.15) is 0 Å². The van der Waals surface area contributed by atoms with Crippen molar-refractivity contribution in [3.8, 4) is 11.5 Å². The van der Waals surface area contributed by atoms with Crippen molar-refractivity contribution in [2.24, 2.45) is 5.92 Å². The highest BCUT2D eigenvalue weighted by atomic mass is 16.5. The second-order valence-corrected chi connectivity index (χ2v) is 12.5.